The van der Waals surface area contributed by atoms with Crippen LogP contribution >= 0.6 is 42.4 Å². The molecule has 0 heterocycles. The van der Waals surface area contributed by atoms with Crippen LogP contribution in [0.1, 0.15) is 6.92 Å². The van der Waals surface area contributed by atoms with Crippen molar-refractivity contribution in [3.05, 3.63) is 0 Å². The first kappa shape index (κ1) is 20.0. The minimum Gasteiger partial charge on any atom is -0.396 e. The van der Waals surface area contributed by atoms with Gasteiger partial charge in [-0.1, -0.05) is 11.7 Å². The summed E-state index contributed by atoms with van der Waals surface area (Å²) < 4.78 is 4.45. The third kappa shape index (κ3) is 11.5. The van der Waals surface area contributed by atoms with Crippen LogP contribution in [0.4, 0.5) is 0 Å². The fourth-order valence-corrected chi connectivity index (χ4v) is 2.11. The number of thiol groups is 1. The molecule has 0 aliphatic heterocycles. The first-order chi connectivity index (χ1) is 8.01. The predicted molar refractivity (Wildman–Crippen MR) is 74.3 cm³/mol. The van der Waals surface area contributed by atoms with Crippen LogP contribution in [-0.4, -0.2) is 52.8 Å². The largest absolute Gasteiger partial charge is 0.396 e. The standard InChI is InChI=1S/C5H12O4.C2H4O2S4/c6-1-5(2-7,3-8)4-9;1-2(3)4-6-8-7-5/h6-9H,1-4H2;5H,1H3. The van der Waals surface area contributed by atoms with Gasteiger partial charge in [0.05, 0.1) is 31.8 Å². The zero-order valence-electron chi connectivity index (χ0n) is 9.11. The molecule has 0 aliphatic carbocycles. The lowest BCUT2D eigenvalue weighted by molar-refractivity contribution is -0.130. The van der Waals surface area contributed by atoms with Gasteiger partial charge in [-0.2, -0.15) is 0 Å². The second-order valence-electron chi connectivity index (χ2n) is 2.92. The summed E-state index contributed by atoms with van der Waals surface area (Å²) >= 11 is 4.81. The van der Waals surface area contributed by atoms with E-state index in [1.165, 1.54) is 26.6 Å². The van der Waals surface area contributed by atoms with Crippen LogP contribution < -0.4 is 0 Å². The first-order valence-electron chi connectivity index (χ1n) is 4.27. The van der Waals surface area contributed by atoms with E-state index in [1.54, 1.807) is 0 Å². The predicted octanol–water partition coefficient (Wildman–Crippen LogP) is 0.281. The van der Waals surface area contributed by atoms with Crippen LogP contribution in [0.5, 0.6) is 0 Å². The summed E-state index contributed by atoms with van der Waals surface area (Å²) in [7, 11) is 2.53. The second-order valence-corrected chi connectivity index (χ2v) is 7.34. The van der Waals surface area contributed by atoms with Gasteiger partial charge in [0.15, 0.2) is 0 Å². The van der Waals surface area contributed by atoms with E-state index in [0.29, 0.717) is 0 Å². The summed E-state index contributed by atoms with van der Waals surface area (Å²) in [4.78, 5) is 10.0. The molecule has 0 atom stereocenters. The smallest absolute Gasteiger partial charge is 0.315 e. The average Bonchev–Trinajstić information content (AvgIpc) is 2.34. The Kier molecular flexibility index (Phi) is 15.5. The van der Waals surface area contributed by atoms with Gasteiger partial charge in [0.1, 0.15) is 11.1 Å². The molecular weight excluding hydrogens is 308 g/mol. The van der Waals surface area contributed by atoms with Gasteiger partial charge in [0, 0.05) is 16.7 Å². The molecule has 17 heavy (non-hydrogen) atoms. The summed E-state index contributed by atoms with van der Waals surface area (Å²) in [6.45, 7) is -0.267. The van der Waals surface area contributed by atoms with Crippen molar-refractivity contribution in [2.45, 2.75) is 6.92 Å². The van der Waals surface area contributed by atoms with Crippen molar-refractivity contribution in [3.8, 4) is 0 Å². The van der Waals surface area contributed by atoms with E-state index >= 15 is 0 Å². The first-order valence-corrected chi connectivity index (χ1v) is 8.73. The normalized spacial score (nSPS) is 10.5. The molecule has 0 amide bonds. The number of carbonyl (C=O) groups is 1. The Bertz CT molecular complexity index is 172. The monoisotopic (exact) mass is 324 g/mol. The van der Waals surface area contributed by atoms with Crippen molar-refractivity contribution in [3.63, 3.8) is 0 Å². The van der Waals surface area contributed by atoms with E-state index in [1.807, 2.05) is 0 Å². The molecule has 0 saturated carbocycles. The molecule has 0 saturated heterocycles. The molecule has 0 fully saturated rings. The lowest BCUT2D eigenvalue weighted by atomic mass is 9.93. The zero-order chi connectivity index (χ0) is 13.7. The Morgan fingerprint density at radius 1 is 1.18 bits per heavy atom. The van der Waals surface area contributed by atoms with E-state index in [-0.39, 0.29) is 5.97 Å². The van der Waals surface area contributed by atoms with Crippen molar-refractivity contribution in [1.29, 1.82) is 0 Å². The molecule has 0 aromatic carbocycles. The van der Waals surface area contributed by atoms with Gasteiger partial charge in [0.2, 0.25) is 0 Å². The number of aliphatic hydroxyl groups is 4. The number of hydrogen-bond acceptors (Lipinski definition) is 10. The average molecular weight is 324 g/mol. The van der Waals surface area contributed by atoms with Gasteiger partial charge >= 0.3 is 5.97 Å². The second kappa shape index (κ2) is 13.1. The highest BCUT2D eigenvalue weighted by Gasteiger charge is 2.26. The lowest BCUT2D eigenvalue weighted by Crippen LogP contribution is -2.37. The maximum absolute atomic E-state index is 10.0. The third-order valence-electron chi connectivity index (χ3n) is 1.55. The minimum absolute atomic E-state index is 0.287. The summed E-state index contributed by atoms with van der Waals surface area (Å²) in [5, 5.41) is 34.0. The molecule has 6 nitrogen and oxygen atoms in total. The summed E-state index contributed by atoms with van der Waals surface area (Å²) in [5.74, 6) is -0.287. The molecule has 0 radical (unpaired) electrons. The molecular formula is C7H16O6S4. The van der Waals surface area contributed by atoms with Gasteiger partial charge in [-0.25, -0.2) is 0 Å². The molecule has 0 unspecified atom stereocenters. The molecule has 0 rings (SSSR count). The van der Waals surface area contributed by atoms with Crippen LogP contribution in [-0.2, 0) is 8.98 Å². The maximum atomic E-state index is 10.0. The summed E-state index contributed by atoms with van der Waals surface area (Å²) in [6, 6.07) is 0. The fourth-order valence-electron chi connectivity index (χ4n) is 0.374. The van der Waals surface area contributed by atoms with Gasteiger partial charge in [0.25, 0.3) is 0 Å². The SMILES string of the molecule is CC(=O)OSSSS.OCC(CO)(CO)CO. The molecule has 0 aromatic rings. The number of aliphatic hydroxyl groups excluding tert-OH is 4. The van der Waals surface area contributed by atoms with Gasteiger partial charge in [-0.15, -0.1) is 0 Å². The zero-order valence-corrected chi connectivity index (χ0v) is 12.4. The Balaban J connectivity index is 0. The summed E-state index contributed by atoms with van der Waals surface area (Å²) in [5.41, 5.74) is -1.11. The topological polar surface area (TPSA) is 107 Å². The molecule has 0 aromatic heterocycles. The summed E-state index contributed by atoms with van der Waals surface area (Å²) in [6.07, 6.45) is 0. The Hall–Kier alpha value is 0.710. The van der Waals surface area contributed by atoms with Crippen molar-refractivity contribution >= 4 is 48.4 Å². The Morgan fingerprint density at radius 3 is 1.76 bits per heavy atom. The van der Waals surface area contributed by atoms with Crippen LogP contribution in [0.25, 0.3) is 0 Å². The Morgan fingerprint density at radius 2 is 1.59 bits per heavy atom. The quantitative estimate of drug-likeness (QED) is 0.195. The van der Waals surface area contributed by atoms with E-state index in [4.69, 9.17) is 20.4 Å². The number of hydrogen-bond donors (Lipinski definition) is 5. The highest BCUT2D eigenvalue weighted by atomic mass is 33.7. The van der Waals surface area contributed by atoms with Crippen molar-refractivity contribution in [1.82, 2.24) is 0 Å². The van der Waals surface area contributed by atoms with Crippen molar-refractivity contribution in [2.75, 3.05) is 26.4 Å². The van der Waals surface area contributed by atoms with Crippen LogP contribution in [0.3, 0.4) is 0 Å². The van der Waals surface area contributed by atoms with Gasteiger partial charge in [-0.3, -0.25) is 4.79 Å². The number of carbonyl (C=O) groups excluding carboxylic acids is 1. The fraction of sp³-hybridized carbons (Fsp3) is 0.857. The van der Waals surface area contributed by atoms with Crippen LogP contribution in [0.2, 0.25) is 0 Å². The van der Waals surface area contributed by atoms with Crippen molar-refractivity contribution in [2.24, 2.45) is 5.41 Å². The molecule has 0 bridgehead atoms. The van der Waals surface area contributed by atoms with Gasteiger partial charge < -0.3 is 24.6 Å². The van der Waals surface area contributed by atoms with E-state index < -0.39 is 31.8 Å². The lowest BCUT2D eigenvalue weighted by Gasteiger charge is -2.23. The van der Waals surface area contributed by atoms with E-state index in [0.717, 1.165) is 11.1 Å². The highest BCUT2D eigenvalue weighted by Crippen LogP contribution is 2.37. The molecule has 4 N–H and O–H groups in total. The van der Waals surface area contributed by atoms with Crippen LogP contribution in [0.15, 0.2) is 0 Å². The molecule has 0 aliphatic rings. The van der Waals surface area contributed by atoms with Crippen LogP contribution in [0, 0.1) is 5.41 Å². The minimum atomic E-state index is -1.11. The molecule has 104 valence electrons. The Labute approximate surface area is 116 Å². The number of rotatable bonds is 7. The van der Waals surface area contributed by atoms with Crippen molar-refractivity contribution < 1.29 is 29.4 Å². The highest BCUT2D eigenvalue weighted by molar-refractivity contribution is 9.23. The molecule has 10 heteroatoms. The molecule has 0 spiro atoms. The van der Waals surface area contributed by atoms with Gasteiger partial charge in [-0.05, 0) is 9.83 Å². The van der Waals surface area contributed by atoms with E-state index in [2.05, 4.69) is 15.8 Å². The third-order valence-corrected chi connectivity index (χ3v) is 5.21. The van der Waals surface area contributed by atoms with E-state index in [9.17, 15) is 4.79 Å². The maximum Gasteiger partial charge on any atom is 0.315 e.